The molecule has 0 spiro atoms. The van der Waals surface area contributed by atoms with E-state index in [1.54, 1.807) is 16.2 Å². The molecule has 0 radical (unpaired) electrons. The number of hydrogen-bond acceptors (Lipinski definition) is 3. The van der Waals surface area contributed by atoms with Gasteiger partial charge in [0.25, 0.3) is 0 Å². The zero-order valence-electron chi connectivity index (χ0n) is 8.60. The second kappa shape index (κ2) is 4.14. The summed E-state index contributed by atoms with van der Waals surface area (Å²) in [6, 6.07) is 4.19. The Kier molecular flexibility index (Phi) is 2.86. The van der Waals surface area contributed by atoms with Gasteiger partial charge in [-0.05, 0) is 18.4 Å². The van der Waals surface area contributed by atoms with Gasteiger partial charge in [0, 0.05) is 17.3 Å². The first kappa shape index (κ1) is 10.4. The van der Waals surface area contributed by atoms with Crippen molar-refractivity contribution in [3.05, 3.63) is 22.4 Å². The van der Waals surface area contributed by atoms with E-state index in [1.165, 1.54) is 4.88 Å². The summed E-state index contributed by atoms with van der Waals surface area (Å²) in [5.41, 5.74) is 0. The van der Waals surface area contributed by atoms with Gasteiger partial charge in [-0.2, -0.15) is 0 Å². The fourth-order valence-corrected chi connectivity index (χ4v) is 2.66. The van der Waals surface area contributed by atoms with Crippen molar-refractivity contribution in [1.82, 2.24) is 4.90 Å². The molecular formula is C11H13NO2S. The van der Waals surface area contributed by atoms with E-state index in [9.17, 15) is 9.59 Å². The molecule has 1 atom stereocenters. The van der Waals surface area contributed by atoms with Crippen LogP contribution in [-0.2, 0) is 16.0 Å². The van der Waals surface area contributed by atoms with Crippen molar-refractivity contribution in [2.45, 2.75) is 25.8 Å². The maximum absolute atomic E-state index is 11.5. The van der Waals surface area contributed by atoms with E-state index >= 15 is 0 Å². The van der Waals surface area contributed by atoms with Crippen LogP contribution >= 0.6 is 11.3 Å². The van der Waals surface area contributed by atoms with Crippen molar-refractivity contribution in [3.8, 4) is 0 Å². The third kappa shape index (κ3) is 2.26. The van der Waals surface area contributed by atoms with Crippen LogP contribution in [0.5, 0.6) is 0 Å². The number of carbonyl (C=O) groups excluding carboxylic acids is 2. The number of thiophene rings is 1. The Bertz CT molecular complexity index is 372. The summed E-state index contributed by atoms with van der Waals surface area (Å²) in [5, 5.41) is 2.03. The van der Waals surface area contributed by atoms with Crippen LogP contribution in [-0.4, -0.2) is 29.2 Å². The molecule has 1 aliphatic heterocycles. The lowest BCUT2D eigenvalue weighted by atomic mass is 10.2. The summed E-state index contributed by atoms with van der Waals surface area (Å²) in [6.07, 6.45) is 0.936. The van der Waals surface area contributed by atoms with Crippen molar-refractivity contribution < 1.29 is 9.59 Å². The van der Waals surface area contributed by atoms with Gasteiger partial charge in [0.1, 0.15) is 0 Å². The number of likely N-dealkylation sites (tertiary alicyclic amines) is 1. The lowest BCUT2D eigenvalue weighted by Crippen LogP contribution is -2.35. The van der Waals surface area contributed by atoms with E-state index in [0.717, 1.165) is 6.42 Å². The van der Waals surface area contributed by atoms with E-state index in [2.05, 4.69) is 6.07 Å². The molecule has 1 aliphatic rings. The van der Waals surface area contributed by atoms with Gasteiger partial charge >= 0.3 is 0 Å². The van der Waals surface area contributed by atoms with E-state index < -0.39 is 0 Å². The molecule has 0 aromatic carbocycles. The zero-order chi connectivity index (χ0) is 10.8. The predicted octanol–water partition coefficient (Wildman–Crippen LogP) is 1.48. The summed E-state index contributed by atoms with van der Waals surface area (Å²) < 4.78 is 0. The number of Topliss-reactive ketones (excluding diaryl/α,β-unsaturated/α-hetero) is 1. The van der Waals surface area contributed by atoms with Gasteiger partial charge < -0.3 is 4.90 Å². The van der Waals surface area contributed by atoms with E-state index in [1.807, 2.05) is 18.4 Å². The van der Waals surface area contributed by atoms with E-state index in [-0.39, 0.29) is 24.2 Å². The first-order valence-corrected chi connectivity index (χ1v) is 5.88. The molecule has 1 fully saturated rings. The quantitative estimate of drug-likeness (QED) is 0.728. The molecule has 2 rings (SSSR count). The Morgan fingerprint density at radius 3 is 2.87 bits per heavy atom. The zero-order valence-corrected chi connectivity index (χ0v) is 9.42. The molecular weight excluding hydrogens is 210 g/mol. The van der Waals surface area contributed by atoms with Gasteiger partial charge in [0.15, 0.2) is 5.78 Å². The van der Waals surface area contributed by atoms with Crippen molar-refractivity contribution in [2.24, 2.45) is 0 Å². The van der Waals surface area contributed by atoms with Gasteiger partial charge in [-0.3, -0.25) is 9.59 Å². The molecule has 3 nitrogen and oxygen atoms in total. The van der Waals surface area contributed by atoms with Crippen LogP contribution < -0.4 is 0 Å². The SMILES string of the molecule is CC(Cc1cccs1)N1CC(=O)CC1=O. The average molecular weight is 223 g/mol. The molecule has 0 bridgehead atoms. The van der Waals surface area contributed by atoms with E-state index in [0.29, 0.717) is 6.54 Å². The van der Waals surface area contributed by atoms with Gasteiger partial charge in [0.2, 0.25) is 5.91 Å². The number of amides is 1. The minimum Gasteiger partial charge on any atom is -0.332 e. The number of hydrogen-bond donors (Lipinski definition) is 0. The van der Waals surface area contributed by atoms with Crippen molar-refractivity contribution >= 4 is 23.0 Å². The van der Waals surface area contributed by atoms with Crippen molar-refractivity contribution in [3.63, 3.8) is 0 Å². The first-order valence-electron chi connectivity index (χ1n) is 5.00. The van der Waals surface area contributed by atoms with Crippen LogP contribution in [0.15, 0.2) is 17.5 Å². The third-order valence-corrected chi connectivity index (χ3v) is 3.52. The van der Waals surface area contributed by atoms with Crippen LogP contribution in [0.25, 0.3) is 0 Å². The van der Waals surface area contributed by atoms with Crippen LogP contribution in [0.2, 0.25) is 0 Å². The smallest absolute Gasteiger partial charge is 0.230 e. The molecule has 1 unspecified atom stereocenters. The van der Waals surface area contributed by atoms with Crippen LogP contribution in [0.3, 0.4) is 0 Å². The molecule has 1 amide bonds. The summed E-state index contributed by atoms with van der Waals surface area (Å²) in [7, 11) is 0. The van der Waals surface area contributed by atoms with Crippen molar-refractivity contribution in [2.75, 3.05) is 6.54 Å². The molecule has 1 aromatic heterocycles. The number of rotatable bonds is 3. The second-order valence-corrected chi connectivity index (χ2v) is 4.90. The lowest BCUT2D eigenvalue weighted by molar-refractivity contribution is -0.129. The summed E-state index contributed by atoms with van der Waals surface area (Å²) in [6.45, 7) is 2.29. The highest BCUT2D eigenvalue weighted by molar-refractivity contribution is 7.09. The Labute approximate surface area is 92.7 Å². The molecule has 0 N–H and O–H groups in total. The molecule has 0 aliphatic carbocycles. The number of nitrogens with zero attached hydrogens (tertiary/aromatic N) is 1. The number of carbonyl (C=O) groups is 2. The van der Waals surface area contributed by atoms with Crippen molar-refractivity contribution in [1.29, 1.82) is 0 Å². The molecule has 4 heteroatoms. The minimum atomic E-state index is -0.0240. The standard InChI is InChI=1S/C11H13NO2S/c1-8(5-10-3-2-4-15-10)12-7-9(13)6-11(12)14/h2-4,8H,5-7H2,1H3. The van der Waals surface area contributed by atoms with Gasteiger partial charge in [-0.25, -0.2) is 0 Å². The molecule has 2 heterocycles. The summed E-state index contributed by atoms with van der Waals surface area (Å²) in [4.78, 5) is 25.5. The maximum atomic E-state index is 11.5. The van der Waals surface area contributed by atoms with E-state index in [4.69, 9.17) is 0 Å². The Morgan fingerprint density at radius 2 is 2.33 bits per heavy atom. The maximum Gasteiger partial charge on any atom is 0.230 e. The molecule has 80 valence electrons. The monoisotopic (exact) mass is 223 g/mol. The normalized spacial score (nSPS) is 18.6. The Hall–Kier alpha value is -1.16. The molecule has 0 saturated carbocycles. The minimum absolute atomic E-state index is 0.0240. The van der Waals surface area contributed by atoms with Crippen LogP contribution in [0.4, 0.5) is 0 Å². The van der Waals surface area contributed by atoms with Crippen LogP contribution in [0, 0.1) is 0 Å². The highest BCUT2D eigenvalue weighted by atomic mass is 32.1. The Morgan fingerprint density at radius 1 is 1.53 bits per heavy atom. The van der Waals surface area contributed by atoms with Gasteiger partial charge in [-0.1, -0.05) is 6.07 Å². The summed E-state index contributed by atoms with van der Waals surface area (Å²) >= 11 is 1.69. The highest BCUT2D eigenvalue weighted by Crippen LogP contribution is 2.17. The first-order chi connectivity index (χ1) is 7.16. The molecule has 1 saturated heterocycles. The summed E-state index contributed by atoms with van der Waals surface area (Å²) in [5.74, 6) is 0.0158. The fraction of sp³-hybridized carbons (Fsp3) is 0.455. The number of ketones is 1. The molecule has 15 heavy (non-hydrogen) atoms. The van der Waals surface area contributed by atoms with Gasteiger partial charge in [0.05, 0.1) is 13.0 Å². The third-order valence-electron chi connectivity index (χ3n) is 2.62. The highest BCUT2D eigenvalue weighted by Gasteiger charge is 2.30. The largest absolute Gasteiger partial charge is 0.332 e. The second-order valence-electron chi connectivity index (χ2n) is 3.87. The topological polar surface area (TPSA) is 37.4 Å². The fourth-order valence-electron chi connectivity index (χ4n) is 1.84. The average Bonchev–Trinajstić information content (AvgIpc) is 2.75. The Balaban J connectivity index is 1.99. The lowest BCUT2D eigenvalue weighted by Gasteiger charge is -2.22. The van der Waals surface area contributed by atoms with Gasteiger partial charge in [-0.15, -0.1) is 11.3 Å². The predicted molar refractivity (Wildman–Crippen MR) is 58.8 cm³/mol. The van der Waals surface area contributed by atoms with Crippen LogP contribution in [0.1, 0.15) is 18.2 Å². The molecule has 1 aromatic rings.